The fourth-order valence-corrected chi connectivity index (χ4v) is 5.46. The van der Waals surface area contributed by atoms with Gasteiger partial charge in [0.15, 0.2) is 0 Å². The number of quaternary nitrogens is 1. The molecule has 0 saturated carbocycles. The molecule has 2 unspecified atom stereocenters. The van der Waals surface area contributed by atoms with E-state index in [1.54, 1.807) is 0 Å². The van der Waals surface area contributed by atoms with Crippen LogP contribution in [0, 0.1) is 5.92 Å². The van der Waals surface area contributed by atoms with Crippen LogP contribution in [0.1, 0.15) is 115 Å². The van der Waals surface area contributed by atoms with Crippen LogP contribution < -0.4 is 4.74 Å². The number of carbonyl (C=O) groups excluding carboxylic acids is 1. The van der Waals surface area contributed by atoms with Crippen molar-refractivity contribution in [3.8, 4) is 5.75 Å². The molecule has 0 radical (unpaired) electrons. The van der Waals surface area contributed by atoms with Crippen LogP contribution in [-0.2, 0) is 22.5 Å². The third kappa shape index (κ3) is 14.3. The smallest absolute Gasteiger partial charge is 0.317 e. The average molecular weight is 553 g/mol. The maximum atomic E-state index is 13.2. The molecule has 0 aliphatic carbocycles. The van der Waals surface area contributed by atoms with Crippen LogP contribution >= 0.6 is 0 Å². The highest BCUT2D eigenvalue weighted by Gasteiger charge is 2.30. The van der Waals surface area contributed by atoms with Gasteiger partial charge in [-0.2, -0.15) is 0 Å². The van der Waals surface area contributed by atoms with Crippen molar-refractivity contribution in [1.29, 1.82) is 0 Å². The highest BCUT2D eigenvalue weighted by atomic mass is 16.7. The van der Waals surface area contributed by atoms with Crippen LogP contribution in [0.4, 0.5) is 0 Å². The first-order valence-corrected chi connectivity index (χ1v) is 16.2. The number of rotatable bonds is 22. The lowest BCUT2D eigenvalue weighted by molar-refractivity contribution is -0.906. The first kappa shape index (κ1) is 33.9. The van der Waals surface area contributed by atoms with Gasteiger partial charge in [-0.1, -0.05) is 121 Å². The lowest BCUT2D eigenvalue weighted by Crippen LogP contribution is -2.45. The molecule has 40 heavy (non-hydrogen) atoms. The Hall–Kier alpha value is -2.33. The molecule has 0 saturated heterocycles. The Bertz CT molecular complexity index is 927. The lowest BCUT2D eigenvalue weighted by Gasteiger charge is -2.33. The molecule has 0 aromatic heterocycles. The Morgan fingerprint density at radius 2 is 1.38 bits per heavy atom. The maximum absolute atomic E-state index is 13.2. The van der Waals surface area contributed by atoms with Gasteiger partial charge in [0.2, 0.25) is 6.29 Å². The second-order valence-electron chi connectivity index (χ2n) is 12.2. The van der Waals surface area contributed by atoms with Crippen LogP contribution in [0.3, 0.4) is 0 Å². The number of carbonyl (C=O) groups is 1. The standard InChI is InChI=1S/C36H58NO3/c1-6-9-10-11-12-13-14-15-16-18-23-31-26-21-27-34(28-31)39-35(22-7-2)40-36(38)33(8-3)30-37(4,5)29-32-24-19-17-20-25-32/h17,19-21,24-28,33,35H,6-16,18,22-23,29-30H2,1-5H3/q+1. The molecule has 0 heterocycles. The fourth-order valence-electron chi connectivity index (χ4n) is 5.46. The normalized spacial score (nSPS) is 13.1. The Kier molecular flexibility index (Phi) is 16.7. The molecular weight excluding hydrogens is 494 g/mol. The van der Waals surface area contributed by atoms with Crippen molar-refractivity contribution in [1.82, 2.24) is 0 Å². The Labute approximate surface area is 246 Å². The van der Waals surface area contributed by atoms with Crippen LogP contribution in [0.25, 0.3) is 0 Å². The molecule has 0 aliphatic heterocycles. The van der Waals surface area contributed by atoms with Crippen molar-refractivity contribution in [2.45, 2.75) is 123 Å². The summed E-state index contributed by atoms with van der Waals surface area (Å²) in [4.78, 5) is 13.2. The zero-order chi connectivity index (χ0) is 29.1. The fraction of sp³-hybridized carbons (Fsp3) is 0.639. The third-order valence-electron chi connectivity index (χ3n) is 7.75. The van der Waals surface area contributed by atoms with E-state index in [9.17, 15) is 4.79 Å². The predicted molar refractivity (Wildman–Crippen MR) is 168 cm³/mol. The third-order valence-corrected chi connectivity index (χ3v) is 7.75. The lowest BCUT2D eigenvalue weighted by atomic mass is 10.0. The second kappa shape index (κ2) is 19.7. The molecule has 2 atom stereocenters. The molecule has 2 rings (SSSR count). The molecular formula is C36H58NO3+. The van der Waals surface area contributed by atoms with Crippen LogP contribution in [0.2, 0.25) is 0 Å². The molecule has 4 heteroatoms. The van der Waals surface area contributed by atoms with Crippen molar-refractivity contribution < 1.29 is 18.8 Å². The van der Waals surface area contributed by atoms with E-state index in [0.717, 1.165) is 42.6 Å². The average Bonchev–Trinajstić information content (AvgIpc) is 2.93. The first-order valence-electron chi connectivity index (χ1n) is 16.2. The molecule has 0 aliphatic rings. The summed E-state index contributed by atoms with van der Waals surface area (Å²) in [7, 11) is 4.37. The van der Waals surface area contributed by atoms with E-state index in [4.69, 9.17) is 9.47 Å². The summed E-state index contributed by atoms with van der Waals surface area (Å²) < 4.78 is 13.0. The van der Waals surface area contributed by atoms with Gasteiger partial charge in [-0.05, 0) is 43.4 Å². The summed E-state index contributed by atoms with van der Waals surface area (Å²) in [5, 5.41) is 0. The van der Waals surface area contributed by atoms with E-state index in [1.807, 2.05) is 12.1 Å². The molecule has 2 aromatic carbocycles. The monoisotopic (exact) mass is 552 g/mol. The number of esters is 1. The van der Waals surface area contributed by atoms with Crippen molar-refractivity contribution in [2.24, 2.45) is 5.92 Å². The van der Waals surface area contributed by atoms with Crippen LogP contribution in [0.15, 0.2) is 54.6 Å². The van der Waals surface area contributed by atoms with E-state index in [0.29, 0.717) is 6.42 Å². The summed E-state index contributed by atoms with van der Waals surface area (Å²) in [5.74, 6) is 0.482. The minimum atomic E-state index is -0.552. The first-order chi connectivity index (χ1) is 19.4. The topological polar surface area (TPSA) is 35.5 Å². The molecule has 0 fully saturated rings. The Morgan fingerprint density at radius 3 is 2.00 bits per heavy atom. The number of benzene rings is 2. The summed E-state index contributed by atoms with van der Waals surface area (Å²) in [5.41, 5.74) is 2.57. The number of ether oxygens (including phenoxy) is 2. The number of nitrogens with zero attached hydrogens (tertiary/aromatic N) is 1. The van der Waals surface area contributed by atoms with Gasteiger partial charge >= 0.3 is 5.97 Å². The van der Waals surface area contributed by atoms with E-state index in [1.165, 1.54) is 75.3 Å². The largest absolute Gasteiger partial charge is 0.455 e. The second-order valence-corrected chi connectivity index (χ2v) is 12.2. The zero-order valence-electron chi connectivity index (χ0n) is 26.3. The zero-order valence-corrected chi connectivity index (χ0v) is 26.3. The van der Waals surface area contributed by atoms with E-state index < -0.39 is 6.29 Å². The predicted octanol–water partition coefficient (Wildman–Crippen LogP) is 9.50. The SMILES string of the molecule is CCCCCCCCCCCCc1cccc(OC(CCC)OC(=O)C(CC)C[N+](C)(C)Cc2ccccc2)c1. The molecule has 4 nitrogen and oxygen atoms in total. The molecule has 0 bridgehead atoms. The summed E-state index contributed by atoms with van der Waals surface area (Å²) >= 11 is 0. The van der Waals surface area contributed by atoms with Crippen LogP contribution in [0.5, 0.6) is 5.75 Å². The van der Waals surface area contributed by atoms with Gasteiger partial charge in [-0.3, -0.25) is 4.79 Å². The molecule has 0 amide bonds. The van der Waals surface area contributed by atoms with Gasteiger partial charge < -0.3 is 14.0 Å². The summed E-state index contributed by atoms with van der Waals surface area (Å²) in [6.45, 7) is 8.06. The minimum absolute atomic E-state index is 0.151. The summed E-state index contributed by atoms with van der Waals surface area (Å²) in [6, 6.07) is 18.8. The van der Waals surface area contributed by atoms with Gasteiger partial charge in [0.1, 0.15) is 18.2 Å². The molecule has 224 valence electrons. The highest BCUT2D eigenvalue weighted by Crippen LogP contribution is 2.22. The summed E-state index contributed by atoms with van der Waals surface area (Å²) in [6.07, 6.45) is 16.3. The number of hydrogen-bond donors (Lipinski definition) is 0. The molecule has 0 N–H and O–H groups in total. The van der Waals surface area contributed by atoms with Gasteiger partial charge in [0, 0.05) is 12.0 Å². The minimum Gasteiger partial charge on any atom is -0.455 e. The highest BCUT2D eigenvalue weighted by molar-refractivity contribution is 5.72. The van der Waals surface area contributed by atoms with Crippen molar-refractivity contribution >= 4 is 5.97 Å². The Balaban J connectivity index is 1.81. The van der Waals surface area contributed by atoms with Gasteiger partial charge in [0.25, 0.3) is 0 Å². The maximum Gasteiger partial charge on any atom is 0.317 e. The van der Waals surface area contributed by atoms with Gasteiger partial charge in [0.05, 0.1) is 20.6 Å². The number of aryl methyl sites for hydroxylation is 1. The van der Waals surface area contributed by atoms with Crippen molar-refractivity contribution in [3.05, 3.63) is 65.7 Å². The van der Waals surface area contributed by atoms with E-state index in [2.05, 4.69) is 77.3 Å². The van der Waals surface area contributed by atoms with E-state index >= 15 is 0 Å². The van der Waals surface area contributed by atoms with Crippen LogP contribution in [-0.4, -0.2) is 37.4 Å². The van der Waals surface area contributed by atoms with Crippen molar-refractivity contribution in [2.75, 3.05) is 20.6 Å². The molecule has 0 spiro atoms. The van der Waals surface area contributed by atoms with E-state index in [-0.39, 0.29) is 11.9 Å². The number of unbranched alkanes of at least 4 members (excludes halogenated alkanes) is 9. The molecule has 2 aromatic rings. The Morgan fingerprint density at radius 1 is 0.750 bits per heavy atom. The van der Waals surface area contributed by atoms with Crippen molar-refractivity contribution in [3.63, 3.8) is 0 Å². The number of hydrogen-bond acceptors (Lipinski definition) is 3. The van der Waals surface area contributed by atoms with Gasteiger partial charge in [-0.15, -0.1) is 0 Å². The quantitative estimate of drug-likeness (QED) is 0.0631. The van der Waals surface area contributed by atoms with Gasteiger partial charge in [-0.25, -0.2) is 0 Å².